The summed E-state index contributed by atoms with van der Waals surface area (Å²) in [6.45, 7) is 5.51. The van der Waals surface area contributed by atoms with Gasteiger partial charge in [0.25, 0.3) is 5.89 Å². The predicted octanol–water partition coefficient (Wildman–Crippen LogP) is 4.05. The molecule has 1 aromatic heterocycles. The third-order valence-corrected chi connectivity index (χ3v) is 4.03. The topological polar surface area (TPSA) is 75.8 Å². The van der Waals surface area contributed by atoms with Crippen LogP contribution in [0.5, 0.6) is 23.0 Å². The zero-order valence-electron chi connectivity index (χ0n) is 15.2. The average Bonchev–Trinajstić information content (AvgIpc) is 3.20. The number of hydrogen-bond donors (Lipinski definition) is 0. The second-order valence-electron chi connectivity index (χ2n) is 5.97. The molecule has 0 fully saturated rings. The summed E-state index contributed by atoms with van der Waals surface area (Å²) in [7, 11) is 0. The van der Waals surface area contributed by atoms with Crippen LogP contribution in [0.3, 0.4) is 0 Å². The Bertz CT molecular complexity index is 907. The largest absolute Gasteiger partial charge is 0.494 e. The lowest BCUT2D eigenvalue weighted by atomic mass is 10.2. The number of nitrogens with zero attached hydrogens (tertiary/aromatic N) is 2. The Hall–Kier alpha value is -3.22. The maximum Gasteiger partial charge on any atom is 0.257 e. The minimum atomic E-state index is -0.388. The highest BCUT2D eigenvalue weighted by Crippen LogP contribution is 2.34. The maximum absolute atomic E-state index is 5.88. The summed E-state index contributed by atoms with van der Waals surface area (Å²) in [6.07, 6.45) is -0.388. The highest BCUT2D eigenvalue weighted by Gasteiger charge is 2.19. The van der Waals surface area contributed by atoms with E-state index in [4.69, 9.17) is 23.4 Å². The first-order valence-electron chi connectivity index (χ1n) is 8.86. The molecule has 4 rings (SSSR count). The van der Waals surface area contributed by atoms with Crippen molar-refractivity contribution in [3.63, 3.8) is 0 Å². The summed E-state index contributed by atoms with van der Waals surface area (Å²) in [5.74, 6) is 3.70. The molecule has 1 unspecified atom stereocenters. The molecule has 140 valence electrons. The Balaban J connectivity index is 1.47. The van der Waals surface area contributed by atoms with Crippen LogP contribution in [0.2, 0.25) is 0 Å². The van der Waals surface area contributed by atoms with Crippen LogP contribution in [0.15, 0.2) is 46.9 Å². The molecule has 2 aromatic carbocycles. The highest BCUT2D eigenvalue weighted by atomic mass is 16.6. The summed E-state index contributed by atoms with van der Waals surface area (Å²) in [5, 5.41) is 8.23. The van der Waals surface area contributed by atoms with E-state index in [0.717, 1.165) is 17.1 Å². The summed E-state index contributed by atoms with van der Waals surface area (Å²) in [5.41, 5.74) is 0.770. The zero-order valence-corrected chi connectivity index (χ0v) is 15.2. The molecule has 0 saturated heterocycles. The standard InChI is InChI=1S/C20H20N2O5/c1-3-23-15-5-7-16(8-6-15)26-13(2)19-21-22-20(27-19)14-4-9-17-18(12-14)25-11-10-24-17/h4-9,12-13H,3,10-11H2,1-2H3. The molecule has 1 aliphatic rings. The van der Waals surface area contributed by atoms with E-state index < -0.39 is 0 Å². The highest BCUT2D eigenvalue weighted by molar-refractivity contribution is 5.59. The lowest BCUT2D eigenvalue weighted by Gasteiger charge is -2.18. The molecule has 0 amide bonds. The number of benzene rings is 2. The molecular weight excluding hydrogens is 348 g/mol. The third kappa shape index (κ3) is 3.81. The molecule has 3 aromatic rings. The second kappa shape index (κ2) is 7.57. The minimum absolute atomic E-state index is 0.388. The van der Waals surface area contributed by atoms with Gasteiger partial charge in [0.05, 0.1) is 6.61 Å². The smallest absolute Gasteiger partial charge is 0.257 e. The van der Waals surface area contributed by atoms with Gasteiger partial charge in [0, 0.05) is 5.56 Å². The Labute approximate surface area is 156 Å². The fraction of sp³-hybridized carbons (Fsp3) is 0.300. The molecule has 0 saturated carbocycles. The molecule has 0 radical (unpaired) electrons. The van der Waals surface area contributed by atoms with Crippen LogP contribution in [0.25, 0.3) is 11.5 Å². The van der Waals surface area contributed by atoms with Crippen LogP contribution in [-0.4, -0.2) is 30.0 Å². The van der Waals surface area contributed by atoms with Crippen molar-refractivity contribution in [1.29, 1.82) is 0 Å². The Morgan fingerprint density at radius 3 is 2.48 bits per heavy atom. The van der Waals surface area contributed by atoms with Crippen molar-refractivity contribution in [2.75, 3.05) is 19.8 Å². The van der Waals surface area contributed by atoms with Crippen molar-refractivity contribution in [2.24, 2.45) is 0 Å². The molecule has 0 N–H and O–H groups in total. The van der Waals surface area contributed by atoms with E-state index in [2.05, 4.69) is 10.2 Å². The molecule has 0 bridgehead atoms. The zero-order chi connectivity index (χ0) is 18.6. The maximum atomic E-state index is 5.88. The lowest BCUT2D eigenvalue weighted by Crippen LogP contribution is -2.15. The van der Waals surface area contributed by atoms with Crippen LogP contribution < -0.4 is 18.9 Å². The van der Waals surface area contributed by atoms with Crippen molar-refractivity contribution < 1.29 is 23.4 Å². The van der Waals surface area contributed by atoms with Crippen molar-refractivity contribution in [3.05, 3.63) is 48.4 Å². The summed E-state index contributed by atoms with van der Waals surface area (Å²) in [4.78, 5) is 0. The van der Waals surface area contributed by atoms with Gasteiger partial charge < -0.3 is 23.4 Å². The van der Waals surface area contributed by atoms with Gasteiger partial charge in [-0.2, -0.15) is 0 Å². The van der Waals surface area contributed by atoms with Crippen LogP contribution in [0.1, 0.15) is 25.8 Å². The lowest BCUT2D eigenvalue weighted by molar-refractivity contribution is 0.171. The summed E-state index contributed by atoms with van der Waals surface area (Å²) >= 11 is 0. The fourth-order valence-corrected chi connectivity index (χ4v) is 2.73. The predicted molar refractivity (Wildman–Crippen MR) is 97.4 cm³/mol. The van der Waals surface area contributed by atoms with Gasteiger partial charge in [0.15, 0.2) is 17.6 Å². The van der Waals surface area contributed by atoms with Gasteiger partial charge in [0.2, 0.25) is 5.89 Å². The van der Waals surface area contributed by atoms with E-state index >= 15 is 0 Å². The molecule has 7 nitrogen and oxygen atoms in total. The monoisotopic (exact) mass is 368 g/mol. The third-order valence-electron chi connectivity index (χ3n) is 4.03. The second-order valence-corrected chi connectivity index (χ2v) is 5.97. The van der Waals surface area contributed by atoms with E-state index in [1.165, 1.54) is 0 Å². The van der Waals surface area contributed by atoms with Crippen LogP contribution in [0, 0.1) is 0 Å². The number of fused-ring (bicyclic) bond motifs is 1. The first-order chi connectivity index (χ1) is 13.2. The SMILES string of the molecule is CCOc1ccc(OC(C)c2nnc(-c3ccc4c(c3)OCCO4)o2)cc1. The molecule has 0 aliphatic carbocycles. The number of ether oxygens (including phenoxy) is 4. The molecular formula is C20H20N2O5. The van der Waals surface area contributed by atoms with Gasteiger partial charge in [-0.3, -0.25) is 0 Å². The molecule has 1 atom stereocenters. The van der Waals surface area contributed by atoms with Crippen molar-refractivity contribution >= 4 is 0 Å². The number of hydrogen-bond acceptors (Lipinski definition) is 7. The molecule has 0 spiro atoms. The summed E-state index contributed by atoms with van der Waals surface area (Å²) < 4.78 is 28.2. The van der Waals surface area contributed by atoms with Crippen molar-refractivity contribution in [2.45, 2.75) is 20.0 Å². The van der Waals surface area contributed by atoms with Gasteiger partial charge in [-0.1, -0.05) is 0 Å². The van der Waals surface area contributed by atoms with Gasteiger partial charge in [-0.15, -0.1) is 10.2 Å². The van der Waals surface area contributed by atoms with Gasteiger partial charge >= 0.3 is 0 Å². The molecule has 27 heavy (non-hydrogen) atoms. The first-order valence-corrected chi connectivity index (χ1v) is 8.86. The minimum Gasteiger partial charge on any atom is -0.494 e. The van der Waals surface area contributed by atoms with Crippen molar-refractivity contribution in [3.8, 4) is 34.5 Å². The van der Waals surface area contributed by atoms with Crippen molar-refractivity contribution in [1.82, 2.24) is 10.2 Å². The van der Waals surface area contributed by atoms with E-state index in [-0.39, 0.29) is 6.10 Å². The summed E-state index contributed by atoms with van der Waals surface area (Å²) in [6, 6.07) is 13.0. The van der Waals surface area contributed by atoms with Gasteiger partial charge in [-0.05, 0) is 56.3 Å². The normalized spacial score (nSPS) is 13.9. The van der Waals surface area contributed by atoms with Gasteiger partial charge in [-0.25, -0.2) is 0 Å². The van der Waals surface area contributed by atoms with Crippen LogP contribution in [0.4, 0.5) is 0 Å². The quantitative estimate of drug-likeness (QED) is 0.650. The number of rotatable bonds is 6. The number of aromatic nitrogens is 2. The Kier molecular flexibility index (Phi) is 4.82. The van der Waals surface area contributed by atoms with E-state index in [9.17, 15) is 0 Å². The van der Waals surface area contributed by atoms with E-state index in [1.54, 1.807) is 0 Å². The molecule has 2 heterocycles. The molecule has 1 aliphatic heterocycles. The Morgan fingerprint density at radius 2 is 1.70 bits per heavy atom. The average molecular weight is 368 g/mol. The Morgan fingerprint density at radius 1 is 0.963 bits per heavy atom. The molecule has 7 heteroatoms. The van der Waals surface area contributed by atoms with Gasteiger partial charge in [0.1, 0.15) is 24.7 Å². The van der Waals surface area contributed by atoms with E-state index in [0.29, 0.717) is 43.1 Å². The first kappa shape index (κ1) is 17.2. The van der Waals surface area contributed by atoms with Crippen LogP contribution >= 0.6 is 0 Å². The van der Waals surface area contributed by atoms with E-state index in [1.807, 2.05) is 56.3 Å². The fourth-order valence-electron chi connectivity index (χ4n) is 2.73. The van der Waals surface area contributed by atoms with Crippen LogP contribution in [-0.2, 0) is 0 Å².